The molecule has 0 N–H and O–H groups in total. The van der Waals surface area contributed by atoms with E-state index in [-0.39, 0.29) is 0 Å². The highest BCUT2D eigenvalue weighted by molar-refractivity contribution is 6.30. The molecule has 0 saturated heterocycles. The Morgan fingerprint density at radius 1 is 0.941 bits per heavy atom. The first-order chi connectivity index (χ1) is 7.99. The first-order valence-corrected chi connectivity index (χ1v) is 5.95. The van der Waals surface area contributed by atoms with Crippen LogP contribution in [0.5, 0.6) is 0 Å². The highest BCUT2D eigenvalue weighted by Gasteiger charge is 2.10. The normalized spacial score (nSPS) is 10.6. The fourth-order valence-corrected chi connectivity index (χ4v) is 1.98. The summed E-state index contributed by atoms with van der Waals surface area (Å²) < 4.78 is 0. The van der Waals surface area contributed by atoms with Crippen molar-refractivity contribution in [2.75, 3.05) is 0 Å². The second kappa shape index (κ2) is 4.46. The van der Waals surface area contributed by atoms with Gasteiger partial charge in [-0.3, -0.25) is 0 Å². The first-order valence-electron chi connectivity index (χ1n) is 5.57. The minimum atomic E-state index is 0.533. The molecule has 0 aliphatic carbocycles. The predicted octanol–water partition coefficient (Wildman–Crippen LogP) is 4.03. The lowest BCUT2D eigenvalue weighted by Crippen LogP contribution is -1.97. The van der Waals surface area contributed by atoms with Crippen molar-refractivity contribution in [2.24, 2.45) is 0 Å². The van der Waals surface area contributed by atoms with E-state index >= 15 is 0 Å². The molecule has 1 aromatic heterocycles. The predicted molar refractivity (Wildman–Crippen MR) is 71.4 cm³/mol. The summed E-state index contributed by atoms with van der Waals surface area (Å²) in [6.45, 7) is 8.01. The molecule has 0 amide bonds. The fourth-order valence-electron chi connectivity index (χ4n) is 1.76. The van der Waals surface area contributed by atoms with Gasteiger partial charge in [0, 0.05) is 11.1 Å². The van der Waals surface area contributed by atoms with Gasteiger partial charge in [0.25, 0.3) is 0 Å². The van der Waals surface area contributed by atoms with Gasteiger partial charge in [0.15, 0.2) is 0 Å². The van der Waals surface area contributed by atoms with Crippen LogP contribution in [0.3, 0.4) is 0 Å². The molecule has 2 rings (SSSR count). The molecule has 88 valence electrons. The van der Waals surface area contributed by atoms with E-state index in [9.17, 15) is 0 Å². The molecule has 0 saturated carbocycles. The summed E-state index contributed by atoms with van der Waals surface area (Å²) in [6.07, 6.45) is 0. The Morgan fingerprint density at radius 2 is 1.65 bits per heavy atom. The molecule has 0 fully saturated rings. The summed E-state index contributed by atoms with van der Waals surface area (Å²) >= 11 is 6.09. The van der Waals surface area contributed by atoms with Crippen LogP contribution in [0.15, 0.2) is 18.2 Å². The van der Waals surface area contributed by atoms with Gasteiger partial charge in [0.05, 0.1) is 5.69 Å². The van der Waals surface area contributed by atoms with Crippen molar-refractivity contribution in [3.63, 3.8) is 0 Å². The highest BCUT2D eigenvalue weighted by atomic mass is 35.5. The van der Waals surface area contributed by atoms with E-state index in [1.165, 1.54) is 11.1 Å². The molecule has 0 radical (unpaired) electrons. The van der Waals surface area contributed by atoms with Crippen LogP contribution in [0.25, 0.3) is 11.3 Å². The topological polar surface area (TPSA) is 25.8 Å². The molecule has 17 heavy (non-hydrogen) atoms. The maximum absolute atomic E-state index is 6.09. The lowest BCUT2D eigenvalue weighted by atomic mass is 10.0. The maximum atomic E-state index is 6.09. The van der Waals surface area contributed by atoms with Crippen molar-refractivity contribution >= 4 is 11.6 Å². The highest BCUT2D eigenvalue weighted by Crippen LogP contribution is 2.26. The number of benzene rings is 1. The van der Waals surface area contributed by atoms with Crippen LogP contribution < -0.4 is 0 Å². The molecule has 2 aromatic rings. The van der Waals surface area contributed by atoms with Gasteiger partial charge in [-0.15, -0.1) is 0 Å². The van der Waals surface area contributed by atoms with Gasteiger partial charge in [0.2, 0.25) is 0 Å². The number of aromatic nitrogens is 2. The largest absolute Gasteiger partial charge is 0.233 e. The average Bonchev–Trinajstić information content (AvgIpc) is 2.27. The van der Waals surface area contributed by atoms with Gasteiger partial charge in [-0.05, 0) is 44.9 Å². The van der Waals surface area contributed by atoms with Gasteiger partial charge < -0.3 is 0 Å². The van der Waals surface area contributed by atoms with Crippen molar-refractivity contribution in [3.8, 4) is 11.3 Å². The molecule has 0 spiro atoms. The number of hydrogen-bond donors (Lipinski definition) is 0. The minimum absolute atomic E-state index is 0.533. The average molecular weight is 247 g/mol. The van der Waals surface area contributed by atoms with Crippen molar-refractivity contribution in [1.82, 2.24) is 9.97 Å². The van der Waals surface area contributed by atoms with Crippen molar-refractivity contribution in [3.05, 3.63) is 45.9 Å². The van der Waals surface area contributed by atoms with E-state index in [1.54, 1.807) is 0 Å². The Hall–Kier alpha value is -1.41. The second-order valence-corrected chi connectivity index (χ2v) is 4.69. The molecule has 0 aliphatic rings. The summed E-state index contributed by atoms with van der Waals surface area (Å²) in [6, 6.07) is 6.32. The lowest BCUT2D eigenvalue weighted by molar-refractivity contribution is 1.04. The number of hydrogen-bond acceptors (Lipinski definition) is 2. The molecule has 1 aromatic carbocycles. The van der Waals surface area contributed by atoms with Crippen molar-refractivity contribution in [2.45, 2.75) is 27.7 Å². The first kappa shape index (κ1) is 12.1. The van der Waals surface area contributed by atoms with Gasteiger partial charge in [-0.25, -0.2) is 9.97 Å². The molecular weight excluding hydrogens is 232 g/mol. The second-order valence-electron chi connectivity index (χ2n) is 4.33. The van der Waals surface area contributed by atoms with E-state index in [2.05, 4.69) is 42.0 Å². The molecule has 0 unspecified atom stereocenters. The summed E-state index contributed by atoms with van der Waals surface area (Å²) in [7, 11) is 0. The maximum Gasteiger partial charge on any atom is 0.136 e. The Labute approximate surface area is 107 Å². The minimum Gasteiger partial charge on any atom is -0.233 e. The molecular formula is C14H15ClN2. The molecule has 0 bridgehead atoms. The van der Waals surface area contributed by atoms with Crippen molar-refractivity contribution < 1.29 is 0 Å². The number of halogens is 1. The van der Waals surface area contributed by atoms with E-state index in [0.29, 0.717) is 11.0 Å². The van der Waals surface area contributed by atoms with E-state index in [1.807, 2.05) is 13.8 Å². The molecule has 0 aliphatic heterocycles. The van der Waals surface area contributed by atoms with E-state index < -0.39 is 0 Å². The molecule has 3 heteroatoms. The van der Waals surface area contributed by atoms with Gasteiger partial charge in [-0.1, -0.05) is 23.7 Å². The third-order valence-corrected chi connectivity index (χ3v) is 3.35. The van der Waals surface area contributed by atoms with Crippen LogP contribution in [-0.2, 0) is 0 Å². The molecule has 1 heterocycles. The number of nitrogens with zero attached hydrogens (tertiary/aromatic N) is 2. The molecule has 2 nitrogen and oxygen atoms in total. The SMILES string of the molecule is Cc1nc(Cl)c(C)c(-c2ccc(C)c(C)c2)n1. The lowest BCUT2D eigenvalue weighted by Gasteiger charge is -2.09. The summed E-state index contributed by atoms with van der Waals surface area (Å²) in [5.41, 5.74) is 5.49. The number of rotatable bonds is 1. The van der Waals surface area contributed by atoms with Crippen LogP contribution in [0.2, 0.25) is 5.15 Å². The Bertz CT molecular complexity index is 577. The van der Waals surface area contributed by atoms with Gasteiger partial charge in [-0.2, -0.15) is 0 Å². The Morgan fingerprint density at radius 3 is 2.29 bits per heavy atom. The van der Waals surface area contributed by atoms with Crippen LogP contribution >= 0.6 is 11.6 Å². The standard InChI is InChI=1S/C14H15ClN2/c1-8-5-6-12(7-9(8)2)13-10(3)14(15)17-11(4)16-13/h5-7H,1-4H3. The summed E-state index contributed by atoms with van der Waals surface area (Å²) in [5.74, 6) is 0.703. The van der Waals surface area contributed by atoms with Crippen LogP contribution in [-0.4, -0.2) is 9.97 Å². The van der Waals surface area contributed by atoms with E-state index in [0.717, 1.165) is 16.8 Å². The summed E-state index contributed by atoms with van der Waals surface area (Å²) in [4.78, 5) is 8.63. The number of aryl methyl sites for hydroxylation is 3. The smallest absolute Gasteiger partial charge is 0.136 e. The van der Waals surface area contributed by atoms with Gasteiger partial charge in [0.1, 0.15) is 11.0 Å². The Kier molecular flexibility index (Phi) is 3.16. The van der Waals surface area contributed by atoms with Crippen LogP contribution in [0, 0.1) is 27.7 Å². The zero-order valence-electron chi connectivity index (χ0n) is 10.5. The zero-order chi connectivity index (χ0) is 12.6. The third-order valence-electron chi connectivity index (χ3n) is 2.98. The Balaban J connectivity index is 2.64. The fraction of sp³-hybridized carbons (Fsp3) is 0.286. The van der Waals surface area contributed by atoms with Crippen LogP contribution in [0.1, 0.15) is 22.5 Å². The van der Waals surface area contributed by atoms with Gasteiger partial charge >= 0.3 is 0 Å². The quantitative estimate of drug-likeness (QED) is 0.710. The van der Waals surface area contributed by atoms with Crippen molar-refractivity contribution in [1.29, 1.82) is 0 Å². The third kappa shape index (κ3) is 2.32. The van der Waals surface area contributed by atoms with Crippen LogP contribution in [0.4, 0.5) is 0 Å². The monoisotopic (exact) mass is 246 g/mol. The zero-order valence-corrected chi connectivity index (χ0v) is 11.3. The van der Waals surface area contributed by atoms with E-state index in [4.69, 9.17) is 11.6 Å². The summed E-state index contributed by atoms with van der Waals surface area (Å²) in [5, 5.41) is 0.533. The molecule has 0 atom stereocenters.